The first kappa shape index (κ1) is 15.3. The molecule has 0 aliphatic carbocycles. The van der Waals surface area contributed by atoms with Gasteiger partial charge >= 0.3 is 0 Å². The van der Waals surface area contributed by atoms with Gasteiger partial charge < -0.3 is 19.4 Å². The Morgan fingerprint density at radius 1 is 1.09 bits per heavy atom. The van der Waals surface area contributed by atoms with Gasteiger partial charge in [-0.1, -0.05) is 0 Å². The molecule has 1 aromatic carbocycles. The Morgan fingerprint density at radius 3 is 2.48 bits per heavy atom. The number of hydrogen-bond acceptors (Lipinski definition) is 5. The Kier molecular flexibility index (Phi) is 4.73. The van der Waals surface area contributed by atoms with Crippen LogP contribution in [0.2, 0.25) is 0 Å². The number of carbonyl (C=O) groups is 2. The molecule has 23 heavy (non-hydrogen) atoms. The third-order valence-electron chi connectivity index (χ3n) is 3.72. The van der Waals surface area contributed by atoms with E-state index in [4.69, 9.17) is 9.15 Å². The van der Waals surface area contributed by atoms with E-state index in [1.807, 2.05) is 12.1 Å². The van der Waals surface area contributed by atoms with Crippen LogP contribution in [-0.4, -0.2) is 44.5 Å². The molecule has 1 aliphatic rings. The summed E-state index contributed by atoms with van der Waals surface area (Å²) >= 11 is 0. The Hall–Kier alpha value is -2.60. The van der Waals surface area contributed by atoms with Gasteiger partial charge in [0.25, 0.3) is 5.91 Å². The van der Waals surface area contributed by atoms with Crippen LogP contribution in [0.5, 0.6) is 0 Å². The van der Waals surface area contributed by atoms with Crippen molar-refractivity contribution in [2.75, 3.05) is 37.7 Å². The first-order valence-electron chi connectivity index (χ1n) is 7.52. The van der Waals surface area contributed by atoms with Gasteiger partial charge in [-0.15, -0.1) is 0 Å². The molecule has 2 heterocycles. The van der Waals surface area contributed by atoms with E-state index in [0.29, 0.717) is 5.56 Å². The van der Waals surface area contributed by atoms with E-state index in [1.54, 1.807) is 24.3 Å². The van der Waals surface area contributed by atoms with Crippen molar-refractivity contribution in [1.82, 2.24) is 5.32 Å². The van der Waals surface area contributed by atoms with Crippen LogP contribution < -0.4 is 10.2 Å². The Morgan fingerprint density at radius 2 is 1.83 bits per heavy atom. The summed E-state index contributed by atoms with van der Waals surface area (Å²) in [4.78, 5) is 26.1. The molecule has 6 nitrogen and oxygen atoms in total. The van der Waals surface area contributed by atoms with Crippen LogP contribution in [0.3, 0.4) is 0 Å². The SMILES string of the molecule is O=C(CNC(=O)c1ccco1)c1ccc(N2CCOCC2)cc1. The zero-order chi connectivity index (χ0) is 16.1. The molecule has 6 heteroatoms. The van der Waals surface area contributed by atoms with E-state index in [2.05, 4.69) is 10.2 Å². The maximum Gasteiger partial charge on any atom is 0.287 e. The minimum Gasteiger partial charge on any atom is -0.459 e. The van der Waals surface area contributed by atoms with Gasteiger partial charge in [-0.25, -0.2) is 0 Å². The zero-order valence-electron chi connectivity index (χ0n) is 12.7. The molecule has 1 fully saturated rings. The van der Waals surface area contributed by atoms with Crippen LogP contribution in [0.4, 0.5) is 5.69 Å². The highest BCUT2D eigenvalue weighted by Crippen LogP contribution is 2.16. The number of nitrogens with one attached hydrogen (secondary N) is 1. The topological polar surface area (TPSA) is 71.8 Å². The van der Waals surface area contributed by atoms with Crippen molar-refractivity contribution in [3.05, 3.63) is 54.0 Å². The monoisotopic (exact) mass is 314 g/mol. The van der Waals surface area contributed by atoms with Crippen LogP contribution in [0.15, 0.2) is 47.1 Å². The molecule has 1 aliphatic heterocycles. The minimum atomic E-state index is -0.395. The van der Waals surface area contributed by atoms with Gasteiger partial charge in [0.15, 0.2) is 11.5 Å². The Bertz CT molecular complexity index is 658. The van der Waals surface area contributed by atoms with Crippen molar-refractivity contribution in [2.24, 2.45) is 0 Å². The molecule has 1 N–H and O–H groups in total. The van der Waals surface area contributed by atoms with Crippen molar-refractivity contribution in [3.63, 3.8) is 0 Å². The quantitative estimate of drug-likeness (QED) is 0.851. The summed E-state index contributed by atoms with van der Waals surface area (Å²) in [6.45, 7) is 3.09. The molecule has 0 atom stereocenters. The summed E-state index contributed by atoms with van der Waals surface area (Å²) in [6, 6.07) is 10.6. The molecule has 0 radical (unpaired) electrons. The lowest BCUT2D eigenvalue weighted by atomic mass is 10.1. The number of Topliss-reactive ketones (excluding diaryl/α,β-unsaturated/α-hetero) is 1. The van der Waals surface area contributed by atoms with Gasteiger partial charge in [0, 0.05) is 24.3 Å². The van der Waals surface area contributed by atoms with E-state index in [0.717, 1.165) is 32.0 Å². The molecule has 0 saturated carbocycles. The summed E-state index contributed by atoms with van der Waals surface area (Å²) in [5, 5.41) is 2.55. The molecule has 1 aromatic heterocycles. The molecule has 3 rings (SSSR count). The normalized spacial score (nSPS) is 14.5. The lowest BCUT2D eigenvalue weighted by molar-refractivity contribution is 0.0885. The number of hydrogen-bond donors (Lipinski definition) is 1. The van der Waals surface area contributed by atoms with E-state index < -0.39 is 5.91 Å². The smallest absolute Gasteiger partial charge is 0.287 e. The minimum absolute atomic E-state index is 0.0591. The number of anilines is 1. The Labute approximate surface area is 134 Å². The van der Waals surface area contributed by atoms with Crippen LogP contribution in [0, 0.1) is 0 Å². The van der Waals surface area contributed by atoms with Gasteiger partial charge in [-0.05, 0) is 36.4 Å². The number of carbonyl (C=O) groups excluding carboxylic acids is 2. The third-order valence-corrected chi connectivity index (χ3v) is 3.72. The van der Waals surface area contributed by atoms with Crippen LogP contribution in [0.1, 0.15) is 20.9 Å². The summed E-state index contributed by atoms with van der Waals surface area (Å²) in [5.74, 6) is -0.341. The molecule has 0 bridgehead atoms. The number of morpholine rings is 1. The summed E-state index contributed by atoms with van der Waals surface area (Å²) in [6.07, 6.45) is 1.42. The van der Waals surface area contributed by atoms with E-state index in [1.165, 1.54) is 6.26 Å². The second-order valence-electron chi connectivity index (χ2n) is 5.23. The number of amides is 1. The molecular formula is C17H18N2O4. The van der Waals surface area contributed by atoms with Gasteiger partial charge in [0.1, 0.15) is 0 Å². The number of nitrogens with zero attached hydrogens (tertiary/aromatic N) is 1. The summed E-state index contributed by atoms with van der Waals surface area (Å²) in [5.41, 5.74) is 1.64. The highest BCUT2D eigenvalue weighted by Gasteiger charge is 2.14. The van der Waals surface area contributed by atoms with Crippen LogP contribution in [-0.2, 0) is 4.74 Å². The Balaban J connectivity index is 1.56. The van der Waals surface area contributed by atoms with Crippen molar-refractivity contribution >= 4 is 17.4 Å². The molecule has 2 aromatic rings. The maximum atomic E-state index is 12.1. The number of ketones is 1. The number of benzene rings is 1. The predicted molar refractivity (Wildman–Crippen MR) is 84.8 cm³/mol. The van der Waals surface area contributed by atoms with E-state index >= 15 is 0 Å². The van der Waals surface area contributed by atoms with Gasteiger partial charge in [0.05, 0.1) is 26.0 Å². The zero-order valence-corrected chi connectivity index (χ0v) is 12.7. The average molecular weight is 314 g/mol. The molecule has 1 amide bonds. The molecule has 0 spiro atoms. The average Bonchev–Trinajstić information content (AvgIpc) is 3.15. The third kappa shape index (κ3) is 3.78. The highest BCUT2D eigenvalue weighted by molar-refractivity contribution is 6.01. The fourth-order valence-electron chi connectivity index (χ4n) is 2.44. The van der Waals surface area contributed by atoms with E-state index in [-0.39, 0.29) is 18.1 Å². The maximum absolute atomic E-state index is 12.1. The van der Waals surface area contributed by atoms with Gasteiger partial charge in [-0.3, -0.25) is 9.59 Å². The summed E-state index contributed by atoms with van der Waals surface area (Å²) < 4.78 is 10.3. The second-order valence-corrected chi connectivity index (χ2v) is 5.23. The lowest BCUT2D eigenvalue weighted by Gasteiger charge is -2.28. The van der Waals surface area contributed by atoms with Crippen molar-refractivity contribution in [3.8, 4) is 0 Å². The van der Waals surface area contributed by atoms with Crippen molar-refractivity contribution < 1.29 is 18.7 Å². The molecule has 1 saturated heterocycles. The van der Waals surface area contributed by atoms with Crippen molar-refractivity contribution in [1.29, 1.82) is 0 Å². The van der Waals surface area contributed by atoms with Crippen LogP contribution >= 0.6 is 0 Å². The standard InChI is InChI=1S/C17H18N2O4/c20-15(12-18-17(21)16-2-1-9-23-16)13-3-5-14(6-4-13)19-7-10-22-11-8-19/h1-6,9H,7-8,10-12H2,(H,18,21). The second kappa shape index (κ2) is 7.11. The lowest BCUT2D eigenvalue weighted by Crippen LogP contribution is -2.36. The van der Waals surface area contributed by atoms with Crippen LogP contribution in [0.25, 0.3) is 0 Å². The largest absolute Gasteiger partial charge is 0.459 e. The number of furan rings is 1. The molecule has 0 unspecified atom stereocenters. The fourth-order valence-corrected chi connectivity index (χ4v) is 2.44. The molecule has 120 valence electrons. The van der Waals surface area contributed by atoms with Gasteiger partial charge in [0.2, 0.25) is 0 Å². The van der Waals surface area contributed by atoms with Crippen molar-refractivity contribution in [2.45, 2.75) is 0 Å². The predicted octanol–water partition coefficient (Wildman–Crippen LogP) is 1.73. The summed E-state index contributed by atoms with van der Waals surface area (Å²) in [7, 11) is 0. The number of ether oxygens (including phenoxy) is 1. The first-order chi connectivity index (χ1) is 11.2. The molecular weight excluding hydrogens is 296 g/mol. The number of rotatable bonds is 5. The first-order valence-corrected chi connectivity index (χ1v) is 7.52. The van der Waals surface area contributed by atoms with E-state index in [9.17, 15) is 9.59 Å². The fraction of sp³-hybridized carbons (Fsp3) is 0.294. The highest BCUT2D eigenvalue weighted by atomic mass is 16.5. The van der Waals surface area contributed by atoms with Gasteiger partial charge in [-0.2, -0.15) is 0 Å².